The van der Waals surface area contributed by atoms with Gasteiger partial charge in [0.05, 0.1) is 4.47 Å². The molecule has 1 aromatic carbocycles. The predicted octanol–water partition coefficient (Wildman–Crippen LogP) is 4.04. The molecule has 1 aromatic rings. The number of aliphatic hydroxyl groups is 1. The Balaban J connectivity index is 2.54. The maximum Gasteiger partial charge on any atom is 0.137 e. The van der Waals surface area contributed by atoms with Crippen molar-refractivity contribution in [3.05, 3.63) is 34.1 Å². The van der Waals surface area contributed by atoms with Gasteiger partial charge in [-0.15, -0.1) is 0 Å². The predicted molar refractivity (Wildman–Crippen MR) is 80.6 cm³/mol. The number of benzene rings is 1. The Morgan fingerprint density at radius 1 is 1.42 bits per heavy atom. The minimum atomic E-state index is -0.237. The monoisotopic (exact) mass is 331 g/mol. The Morgan fingerprint density at radius 2 is 2.11 bits per heavy atom. The average Bonchev–Trinajstić information content (AvgIpc) is 2.37. The Morgan fingerprint density at radius 3 is 2.68 bits per heavy atom. The highest BCUT2D eigenvalue weighted by molar-refractivity contribution is 9.10. The lowest BCUT2D eigenvalue weighted by Crippen LogP contribution is -2.31. The van der Waals surface area contributed by atoms with E-state index in [2.05, 4.69) is 42.0 Å². The molecule has 1 rings (SSSR count). The zero-order valence-corrected chi connectivity index (χ0v) is 13.4. The number of aliphatic hydroxyl groups excluding tert-OH is 1. The average molecular weight is 332 g/mol. The minimum Gasteiger partial charge on any atom is -0.396 e. The van der Waals surface area contributed by atoms with E-state index in [4.69, 9.17) is 5.11 Å². The van der Waals surface area contributed by atoms with E-state index in [0.29, 0.717) is 4.47 Å². The fourth-order valence-electron chi connectivity index (χ4n) is 1.97. The van der Waals surface area contributed by atoms with Gasteiger partial charge in [0.25, 0.3) is 0 Å². The molecule has 0 aromatic heterocycles. The van der Waals surface area contributed by atoms with Crippen LogP contribution in [-0.2, 0) is 0 Å². The van der Waals surface area contributed by atoms with Crippen LogP contribution in [0, 0.1) is 11.2 Å². The van der Waals surface area contributed by atoms with Crippen LogP contribution < -0.4 is 5.32 Å². The van der Waals surface area contributed by atoms with Gasteiger partial charge in [0, 0.05) is 19.2 Å². The second-order valence-electron chi connectivity index (χ2n) is 5.77. The summed E-state index contributed by atoms with van der Waals surface area (Å²) < 4.78 is 13.7. The molecule has 19 heavy (non-hydrogen) atoms. The Labute approximate surface area is 123 Å². The fourth-order valence-corrected chi connectivity index (χ4v) is 2.37. The summed E-state index contributed by atoms with van der Waals surface area (Å²) in [5.41, 5.74) is 1.21. The standard InChI is InChI=1S/C15H23BrFNO/c1-11(12-5-6-14(17)13(16)9-12)18-10-15(2,3)7-4-8-19/h5-6,9,11,18-19H,4,7-8,10H2,1-3H3. The first kappa shape index (κ1) is 16.6. The number of hydrogen-bond acceptors (Lipinski definition) is 2. The number of halogens is 2. The molecule has 2 nitrogen and oxygen atoms in total. The van der Waals surface area contributed by atoms with Crippen molar-refractivity contribution in [2.45, 2.75) is 39.7 Å². The highest BCUT2D eigenvalue weighted by atomic mass is 79.9. The van der Waals surface area contributed by atoms with E-state index >= 15 is 0 Å². The van der Waals surface area contributed by atoms with Crippen LogP contribution in [0.4, 0.5) is 4.39 Å². The molecule has 0 bridgehead atoms. The van der Waals surface area contributed by atoms with Crippen LogP contribution in [0.15, 0.2) is 22.7 Å². The Hall–Kier alpha value is -0.450. The first-order valence-electron chi connectivity index (χ1n) is 6.65. The lowest BCUT2D eigenvalue weighted by Gasteiger charge is -2.27. The zero-order valence-electron chi connectivity index (χ0n) is 11.8. The molecule has 0 saturated heterocycles. The van der Waals surface area contributed by atoms with Gasteiger partial charge >= 0.3 is 0 Å². The Kier molecular flexibility index (Phi) is 6.43. The van der Waals surface area contributed by atoms with Crippen molar-refractivity contribution >= 4 is 15.9 Å². The van der Waals surface area contributed by atoms with Crippen LogP contribution in [0.3, 0.4) is 0 Å². The summed E-state index contributed by atoms with van der Waals surface area (Å²) in [4.78, 5) is 0. The number of hydrogen-bond donors (Lipinski definition) is 2. The molecule has 0 aliphatic heterocycles. The third-order valence-electron chi connectivity index (χ3n) is 3.34. The molecule has 2 N–H and O–H groups in total. The lowest BCUT2D eigenvalue weighted by molar-refractivity contribution is 0.233. The second kappa shape index (κ2) is 7.36. The molecule has 4 heteroatoms. The van der Waals surface area contributed by atoms with Gasteiger partial charge in [0.15, 0.2) is 0 Å². The number of nitrogens with one attached hydrogen (secondary N) is 1. The van der Waals surface area contributed by atoms with E-state index in [1.807, 2.05) is 6.07 Å². The quantitative estimate of drug-likeness (QED) is 0.790. The van der Waals surface area contributed by atoms with Crippen molar-refractivity contribution in [2.24, 2.45) is 5.41 Å². The van der Waals surface area contributed by atoms with Crippen molar-refractivity contribution in [3.63, 3.8) is 0 Å². The third-order valence-corrected chi connectivity index (χ3v) is 3.95. The van der Waals surface area contributed by atoms with Crippen LogP contribution in [0.2, 0.25) is 0 Å². The van der Waals surface area contributed by atoms with Gasteiger partial charge < -0.3 is 10.4 Å². The molecular formula is C15H23BrFNO. The maximum atomic E-state index is 13.2. The summed E-state index contributed by atoms with van der Waals surface area (Å²) >= 11 is 3.21. The molecular weight excluding hydrogens is 309 g/mol. The first-order chi connectivity index (χ1) is 8.85. The summed E-state index contributed by atoms with van der Waals surface area (Å²) in [6.07, 6.45) is 1.81. The summed E-state index contributed by atoms with van der Waals surface area (Å²) in [6, 6.07) is 5.27. The molecule has 0 spiro atoms. The van der Waals surface area contributed by atoms with Crippen molar-refractivity contribution in [1.29, 1.82) is 0 Å². The van der Waals surface area contributed by atoms with E-state index < -0.39 is 0 Å². The molecule has 0 aliphatic rings. The van der Waals surface area contributed by atoms with Gasteiger partial charge in [-0.3, -0.25) is 0 Å². The van der Waals surface area contributed by atoms with Crippen LogP contribution in [0.5, 0.6) is 0 Å². The van der Waals surface area contributed by atoms with Gasteiger partial charge in [0.2, 0.25) is 0 Å². The van der Waals surface area contributed by atoms with Gasteiger partial charge in [-0.2, -0.15) is 0 Å². The smallest absolute Gasteiger partial charge is 0.137 e. The fraction of sp³-hybridized carbons (Fsp3) is 0.600. The van der Waals surface area contributed by atoms with Crippen molar-refractivity contribution < 1.29 is 9.50 Å². The Bertz CT molecular complexity index is 409. The van der Waals surface area contributed by atoms with Crippen LogP contribution in [0.25, 0.3) is 0 Å². The molecule has 0 aliphatic carbocycles. The van der Waals surface area contributed by atoms with Crippen LogP contribution >= 0.6 is 15.9 Å². The largest absolute Gasteiger partial charge is 0.396 e. The van der Waals surface area contributed by atoms with Crippen LogP contribution in [-0.4, -0.2) is 18.3 Å². The SMILES string of the molecule is CC(NCC(C)(C)CCCO)c1ccc(F)c(Br)c1. The topological polar surface area (TPSA) is 32.3 Å². The summed E-state index contributed by atoms with van der Waals surface area (Å²) in [7, 11) is 0. The third kappa shape index (κ3) is 5.59. The highest BCUT2D eigenvalue weighted by Gasteiger charge is 2.18. The van der Waals surface area contributed by atoms with E-state index in [1.54, 1.807) is 6.07 Å². The second-order valence-corrected chi connectivity index (χ2v) is 6.62. The molecule has 108 valence electrons. The number of rotatable bonds is 7. The van der Waals surface area contributed by atoms with Gasteiger partial charge in [-0.1, -0.05) is 19.9 Å². The molecule has 0 saturated carbocycles. The van der Waals surface area contributed by atoms with Crippen molar-refractivity contribution in [1.82, 2.24) is 5.32 Å². The van der Waals surface area contributed by atoms with E-state index in [-0.39, 0.29) is 23.9 Å². The van der Waals surface area contributed by atoms with Crippen molar-refractivity contribution in [3.8, 4) is 0 Å². The normalized spacial score (nSPS) is 13.6. The summed E-state index contributed by atoms with van der Waals surface area (Å²) in [5.74, 6) is -0.237. The van der Waals surface area contributed by atoms with Crippen molar-refractivity contribution in [2.75, 3.05) is 13.2 Å². The van der Waals surface area contributed by atoms with Crippen LogP contribution in [0.1, 0.15) is 45.2 Å². The molecule has 0 heterocycles. The van der Waals surface area contributed by atoms with Gasteiger partial charge in [-0.05, 0) is 58.8 Å². The molecule has 1 unspecified atom stereocenters. The lowest BCUT2D eigenvalue weighted by atomic mass is 9.87. The maximum absolute atomic E-state index is 13.2. The zero-order chi connectivity index (χ0) is 14.5. The van der Waals surface area contributed by atoms with Gasteiger partial charge in [0.1, 0.15) is 5.82 Å². The highest BCUT2D eigenvalue weighted by Crippen LogP contribution is 2.24. The molecule has 1 atom stereocenters. The minimum absolute atomic E-state index is 0.147. The van der Waals surface area contributed by atoms with Gasteiger partial charge in [-0.25, -0.2) is 4.39 Å². The van der Waals surface area contributed by atoms with E-state index in [0.717, 1.165) is 24.9 Å². The van der Waals surface area contributed by atoms with E-state index in [9.17, 15) is 4.39 Å². The molecule has 0 fully saturated rings. The molecule has 0 amide bonds. The summed E-state index contributed by atoms with van der Waals surface area (Å²) in [5, 5.41) is 12.4. The first-order valence-corrected chi connectivity index (χ1v) is 7.44. The van der Waals surface area contributed by atoms with E-state index in [1.165, 1.54) is 6.07 Å². The summed E-state index contributed by atoms with van der Waals surface area (Å²) in [6.45, 7) is 7.54. The molecule has 0 radical (unpaired) electrons.